The maximum atomic E-state index is 12.8. The molecule has 1 aliphatic heterocycles. The maximum Gasteiger partial charge on any atom is 0.277 e. The molecule has 0 unspecified atom stereocenters. The molecule has 1 aromatic carbocycles. The summed E-state index contributed by atoms with van der Waals surface area (Å²) >= 11 is 1.19. The number of nitrogens with zero attached hydrogens (tertiary/aromatic N) is 3. The zero-order valence-electron chi connectivity index (χ0n) is 15.6. The lowest BCUT2D eigenvalue weighted by atomic mass is 10.1. The molecule has 146 valence electrons. The van der Waals surface area contributed by atoms with Crippen LogP contribution in [-0.2, 0) is 14.6 Å². The van der Waals surface area contributed by atoms with E-state index in [0.717, 1.165) is 11.1 Å². The summed E-state index contributed by atoms with van der Waals surface area (Å²) < 4.78 is 29.1. The molecule has 2 atom stereocenters. The highest BCUT2D eigenvalue weighted by molar-refractivity contribution is 8.00. The largest absolute Gasteiger partial charge is 0.411 e. The number of thioether (sulfide) groups is 1. The summed E-state index contributed by atoms with van der Waals surface area (Å²) in [4.78, 5) is 14.5. The highest BCUT2D eigenvalue weighted by Crippen LogP contribution is 2.28. The molecule has 1 saturated heterocycles. The van der Waals surface area contributed by atoms with E-state index in [4.69, 9.17) is 4.42 Å². The summed E-state index contributed by atoms with van der Waals surface area (Å²) in [6.45, 7) is 6.11. The second-order valence-corrected chi connectivity index (χ2v) is 10.2. The second kappa shape index (κ2) is 8.02. The molecule has 3 rings (SSSR count). The number of aromatic nitrogens is 2. The van der Waals surface area contributed by atoms with Crippen LogP contribution in [0.2, 0.25) is 0 Å². The molecule has 2 heterocycles. The summed E-state index contributed by atoms with van der Waals surface area (Å²) in [5.74, 6) is 0.486. The third-order valence-corrected chi connectivity index (χ3v) is 7.28. The number of hydrogen-bond acceptors (Lipinski definition) is 7. The van der Waals surface area contributed by atoms with Gasteiger partial charge in [-0.15, -0.1) is 10.2 Å². The van der Waals surface area contributed by atoms with Gasteiger partial charge in [0.05, 0.1) is 16.8 Å². The first-order chi connectivity index (χ1) is 12.8. The highest BCUT2D eigenvalue weighted by atomic mass is 32.2. The number of benzene rings is 1. The Morgan fingerprint density at radius 1 is 1.33 bits per heavy atom. The fourth-order valence-corrected chi connectivity index (χ4v) is 5.60. The fraction of sp³-hybridized carbons (Fsp3) is 0.500. The van der Waals surface area contributed by atoms with Gasteiger partial charge in [-0.1, -0.05) is 29.5 Å². The lowest BCUT2D eigenvalue weighted by molar-refractivity contribution is -0.131. The van der Waals surface area contributed by atoms with Crippen molar-refractivity contribution in [2.24, 2.45) is 0 Å². The summed E-state index contributed by atoms with van der Waals surface area (Å²) in [5, 5.41) is 7.95. The lowest BCUT2D eigenvalue weighted by Crippen LogP contribution is -2.44. The smallest absolute Gasteiger partial charge is 0.277 e. The van der Waals surface area contributed by atoms with Crippen LogP contribution in [0, 0.1) is 6.92 Å². The van der Waals surface area contributed by atoms with Crippen molar-refractivity contribution < 1.29 is 17.6 Å². The molecule has 0 aliphatic carbocycles. The van der Waals surface area contributed by atoms with Gasteiger partial charge in [-0.2, -0.15) is 0 Å². The molecular formula is C18H23N3O4S2. The van der Waals surface area contributed by atoms with E-state index in [1.54, 1.807) is 11.8 Å². The van der Waals surface area contributed by atoms with Gasteiger partial charge < -0.3 is 9.32 Å². The normalized spacial score (nSPS) is 19.7. The van der Waals surface area contributed by atoms with Crippen LogP contribution >= 0.6 is 11.8 Å². The minimum Gasteiger partial charge on any atom is -0.411 e. The van der Waals surface area contributed by atoms with Gasteiger partial charge in [0, 0.05) is 18.2 Å². The van der Waals surface area contributed by atoms with E-state index in [0.29, 0.717) is 24.1 Å². The lowest BCUT2D eigenvalue weighted by Gasteiger charge is -2.28. The van der Waals surface area contributed by atoms with Gasteiger partial charge in [0.2, 0.25) is 11.8 Å². The molecular weight excluding hydrogens is 386 g/mol. The molecule has 0 saturated carbocycles. The monoisotopic (exact) mass is 409 g/mol. The van der Waals surface area contributed by atoms with Crippen LogP contribution in [0.1, 0.15) is 25.8 Å². The van der Waals surface area contributed by atoms with Crippen LogP contribution in [0.3, 0.4) is 0 Å². The van der Waals surface area contributed by atoms with Crippen LogP contribution < -0.4 is 0 Å². The van der Waals surface area contributed by atoms with Crippen LogP contribution in [0.4, 0.5) is 0 Å². The van der Waals surface area contributed by atoms with E-state index in [2.05, 4.69) is 10.2 Å². The summed E-state index contributed by atoms with van der Waals surface area (Å²) in [5.41, 5.74) is 1.96. The Balaban J connectivity index is 1.66. The molecule has 27 heavy (non-hydrogen) atoms. The van der Waals surface area contributed by atoms with E-state index < -0.39 is 15.1 Å². The van der Waals surface area contributed by atoms with Gasteiger partial charge >= 0.3 is 0 Å². The van der Waals surface area contributed by atoms with Crippen LogP contribution in [0.15, 0.2) is 33.9 Å². The Kier molecular flexibility index (Phi) is 5.90. The van der Waals surface area contributed by atoms with Gasteiger partial charge in [0.25, 0.3) is 5.22 Å². The third-order valence-electron chi connectivity index (χ3n) is 4.60. The van der Waals surface area contributed by atoms with Gasteiger partial charge in [-0.3, -0.25) is 4.79 Å². The number of amides is 1. The number of aryl methyl sites for hydroxylation is 1. The minimum absolute atomic E-state index is 0.0437. The number of rotatable bonds is 6. The number of sulfone groups is 1. The van der Waals surface area contributed by atoms with Gasteiger partial charge in [0.1, 0.15) is 0 Å². The van der Waals surface area contributed by atoms with Crippen molar-refractivity contribution in [3.63, 3.8) is 0 Å². The van der Waals surface area contributed by atoms with Crippen molar-refractivity contribution >= 4 is 27.5 Å². The third kappa shape index (κ3) is 4.70. The van der Waals surface area contributed by atoms with Crippen molar-refractivity contribution in [2.45, 2.75) is 43.7 Å². The Labute approximate surface area is 163 Å². The molecule has 0 spiro atoms. The molecule has 0 radical (unpaired) electrons. The first kappa shape index (κ1) is 19.9. The van der Waals surface area contributed by atoms with Crippen molar-refractivity contribution in [3.05, 3.63) is 29.8 Å². The molecule has 9 heteroatoms. The fourth-order valence-electron chi connectivity index (χ4n) is 3.12. The topological polar surface area (TPSA) is 93.4 Å². The molecule has 7 nitrogen and oxygen atoms in total. The van der Waals surface area contributed by atoms with Gasteiger partial charge in [-0.05, 0) is 39.3 Å². The summed E-state index contributed by atoms with van der Waals surface area (Å²) in [6.07, 6.45) is 0.497. The van der Waals surface area contributed by atoms with Crippen LogP contribution in [0.5, 0.6) is 0 Å². The minimum atomic E-state index is -3.04. The molecule has 1 aliphatic rings. The Morgan fingerprint density at radius 3 is 2.63 bits per heavy atom. The molecule has 1 fully saturated rings. The summed E-state index contributed by atoms with van der Waals surface area (Å²) in [7, 11) is -3.04. The first-order valence-corrected chi connectivity index (χ1v) is 11.6. The standard InChI is InChI=1S/C18H23N3O4S2/c1-4-21(15-9-10-27(23,24)11-15)17(22)13(3)26-18-20-19-16(25-18)14-7-5-12(2)6-8-14/h5-8,13,15H,4,9-11H2,1-3H3/t13-,15+/m1/s1. The molecule has 1 amide bonds. The van der Waals surface area contributed by atoms with Crippen LogP contribution in [0.25, 0.3) is 11.5 Å². The zero-order valence-corrected chi connectivity index (χ0v) is 17.2. The number of carbonyl (C=O) groups is 1. The average Bonchev–Trinajstić information content (AvgIpc) is 3.22. The highest BCUT2D eigenvalue weighted by Gasteiger charge is 2.35. The van der Waals surface area contributed by atoms with Crippen LogP contribution in [-0.4, -0.2) is 58.8 Å². The van der Waals surface area contributed by atoms with E-state index in [-0.39, 0.29) is 23.5 Å². The molecule has 1 aromatic heterocycles. The molecule has 2 aromatic rings. The SMILES string of the molecule is CCN(C(=O)[C@@H](C)Sc1nnc(-c2ccc(C)cc2)o1)[C@H]1CCS(=O)(=O)C1. The zero-order chi connectivity index (χ0) is 19.6. The second-order valence-electron chi connectivity index (χ2n) is 6.68. The van der Waals surface area contributed by atoms with Crippen molar-refractivity contribution in [1.82, 2.24) is 15.1 Å². The van der Waals surface area contributed by atoms with Crippen molar-refractivity contribution in [2.75, 3.05) is 18.1 Å². The Hall–Kier alpha value is -1.87. The quantitative estimate of drug-likeness (QED) is 0.677. The number of hydrogen-bond donors (Lipinski definition) is 0. The average molecular weight is 410 g/mol. The van der Waals surface area contributed by atoms with E-state index in [1.165, 1.54) is 11.8 Å². The maximum absolute atomic E-state index is 12.8. The predicted octanol–water partition coefficient (Wildman–Crippen LogP) is 2.56. The van der Waals surface area contributed by atoms with E-state index >= 15 is 0 Å². The first-order valence-electron chi connectivity index (χ1n) is 8.87. The predicted molar refractivity (Wildman–Crippen MR) is 104 cm³/mol. The van der Waals surface area contributed by atoms with Gasteiger partial charge in [0.15, 0.2) is 9.84 Å². The van der Waals surface area contributed by atoms with Crippen molar-refractivity contribution in [3.8, 4) is 11.5 Å². The Morgan fingerprint density at radius 2 is 2.04 bits per heavy atom. The van der Waals surface area contributed by atoms with Crippen molar-refractivity contribution in [1.29, 1.82) is 0 Å². The summed E-state index contributed by atoms with van der Waals surface area (Å²) in [6, 6.07) is 7.50. The molecule has 0 N–H and O–H groups in total. The van der Waals surface area contributed by atoms with E-state index in [1.807, 2.05) is 38.1 Å². The van der Waals surface area contributed by atoms with Gasteiger partial charge in [-0.25, -0.2) is 8.42 Å². The Bertz CT molecular complexity index is 909. The van der Waals surface area contributed by atoms with E-state index in [9.17, 15) is 13.2 Å². The molecule has 0 bridgehead atoms. The number of carbonyl (C=O) groups excluding carboxylic acids is 1.